The van der Waals surface area contributed by atoms with Gasteiger partial charge in [-0.1, -0.05) is 103 Å². The minimum Gasteiger partial charge on any atom is -0.756 e. The van der Waals surface area contributed by atoms with Gasteiger partial charge in [0.2, 0.25) is 0 Å². The van der Waals surface area contributed by atoms with Gasteiger partial charge in [-0.3, -0.25) is 4.57 Å². The van der Waals surface area contributed by atoms with Gasteiger partial charge < -0.3 is 28.1 Å². The van der Waals surface area contributed by atoms with Gasteiger partial charge in [0, 0.05) is 13.7 Å². The molecule has 0 aliphatic rings. The molecule has 0 aromatic rings. The second-order valence-electron chi connectivity index (χ2n) is 11.5. The lowest BCUT2D eigenvalue weighted by molar-refractivity contribution is -0.870. The van der Waals surface area contributed by atoms with E-state index in [1.54, 1.807) is 7.11 Å². The van der Waals surface area contributed by atoms with Crippen LogP contribution in [0.5, 0.6) is 0 Å². The number of nitrogens with zero attached hydrogens (tertiary/aromatic N) is 2. The standard InChI is InChI=1S/C28H61N2O5P/c1-7-8-9-10-11-12-13-14-15-16-17-18-19-20-21-22-23-29(2)26-28(33-6)27-35-36(31,32)34-25-24-30(3,4)5/h28H,7-27H2,1-6H3. The maximum Gasteiger partial charge on any atom is 0.268 e. The van der Waals surface area contributed by atoms with E-state index in [0.29, 0.717) is 17.6 Å². The predicted octanol–water partition coefficient (Wildman–Crippen LogP) is 6.40. The van der Waals surface area contributed by atoms with Gasteiger partial charge in [0.25, 0.3) is 7.82 Å². The van der Waals surface area contributed by atoms with Crippen molar-refractivity contribution in [2.24, 2.45) is 0 Å². The molecule has 0 N–H and O–H groups in total. The highest BCUT2D eigenvalue weighted by Gasteiger charge is 2.17. The fraction of sp³-hybridized carbons (Fsp3) is 1.00. The van der Waals surface area contributed by atoms with Crippen molar-refractivity contribution < 1.29 is 27.7 Å². The zero-order chi connectivity index (χ0) is 27.1. The van der Waals surface area contributed by atoms with Crippen LogP contribution in [0.15, 0.2) is 0 Å². The first-order valence-corrected chi connectivity index (χ1v) is 16.2. The maximum atomic E-state index is 12.0. The first-order valence-electron chi connectivity index (χ1n) is 14.7. The number of quaternary nitrogens is 1. The third-order valence-electron chi connectivity index (χ3n) is 6.67. The minimum atomic E-state index is -4.30. The monoisotopic (exact) mass is 536 g/mol. The fourth-order valence-electron chi connectivity index (χ4n) is 4.20. The summed E-state index contributed by atoms with van der Waals surface area (Å²) in [5.74, 6) is 0. The Bertz CT molecular complexity index is 531. The van der Waals surface area contributed by atoms with Crippen LogP contribution in [-0.2, 0) is 18.3 Å². The maximum absolute atomic E-state index is 12.0. The molecule has 8 heteroatoms. The van der Waals surface area contributed by atoms with Gasteiger partial charge in [-0.05, 0) is 20.0 Å². The van der Waals surface area contributed by atoms with Crippen LogP contribution >= 0.6 is 7.82 Å². The van der Waals surface area contributed by atoms with Crippen LogP contribution in [0.1, 0.15) is 110 Å². The summed E-state index contributed by atoms with van der Waals surface area (Å²) in [5.41, 5.74) is 0. The van der Waals surface area contributed by atoms with E-state index in [1.807, 2.05) is 28.2 Å². The largest absolute Gasteiger partial charge is 0.756 e. The molecule has 0 saturated heterocycles. The van der Waals surface area contributed by atoms with Gasteiger partial charge in [0.15, 0.2) is 0 Å². The van der Waals surface area contributed by atoms with Crippen LogP contribution in [0, 0.1) is 0 Å². The molecule has 0 bridgehead atoms. The number of phosphoric ester groups is 1. The van der Waals surface area contributed by atoms with Gasteiger partial charge >= 0.3 is 0 Å². The van der Waals surface area contributed by atoms with E-state index in [2.05, 4.69) is 11.8 Å². The lowest BCUT2D eigenvalue weighted by Crippen LogP contribution is -2.38. The van der Waals surface area contributed by atoms with Gasteiger partial charge in [0.1, 0.15) is 13.2 Å². The zero-order valence-corrected chi connectivity index (χ0v) is 25.7. The third-order valence-corrected chi connectivity index (χ3v) is 7.64. The summed E-state index contributed by atoms with van der Waals surface area (Å²) in [7, 11) is 5.28. The van der Waals surface area contributed by atoms with E-state index in [-0.39, 0.29) is 19.3 Å². The van der Waals surface area contributed by atoms with Crippen LogP contribution in [0.2, 0.25) is 0 Å². The number of unbranched alkanes of at least 4 members (excludes halogenated alkanes) is 15. The molecule has 0 fully saturated rings. The quantitative estimate of drug-likeness (QED) is 0.0687. The first kappa shape index (κ1) is 36.0. The number of rotatable bonds is 27. The van der Waals surface area contributed by atoms with E-state index < -0.39 is 7.82 Å². The van der Waals surface area contributed by atoms with Crippen LogP contribution < -0.4 is 4.89 Å². The van der Waals surface area contributed by atoms with E-state index >= 15 is 0 Å². The summed E-state index contributed by atoms with van der Waals surface area (Å²) >= 11 is 0. The van der Waals surface area contributed by atoms with Gasteiger partial charge in [-0.25, -0.2) is 0 Å². The van der Waals surface area contributed by atoms with Gasteiger partial charge in [-0.2, -0.15) is 0 Å². The smallest absolute Gasteiger partial charge is 0.268 e. The Hall–Kier alpha value is -0.0100. The molecule has 2 atom stereocenters. The Kier molecular flexibility index (Phi) is 22.9. The minimum absolute atomic E-state index is 0.0229. The zero-order valence-electron chi connectivity index (χ0n) is 24.8. The molecular formula is C28H61N2O5P. The van der Waals surface area contributed by atoms with E-state index in [4.69, 9.17) is 13.8 Å². The molecule has 0 aliphatic heterocycles. The Morgan fingerprint density at radius 2 is 1.22 bits per heavy atom. The Labute approximate surface area is 224 Å². The summed E-state index contributed by atoms with van der Waals surface area (Å²) in [5, 5.41) is 0. The molecule has 0 heterocycles. The molecule has 0 rings (SSSR count). The summed E-state index contributed by atoms with van der Waals surface area (Å²) in [4.78, 5) is 14.2. The molecule has 0 aromatic heterocycles. The molecule has 0 saturated carbocycles. The second kappa shape index (κ2) is 22.9. The van der Waals surface area contributed by atoms with Crippen molar-refractivity contribution in [2.75, 3.05) is 68.1 Å². The normalized spacial score (nSPS) is 14.9. The third kappa shape index (κ3) is 25.6. The predicted molar refractivity (Wildman–Crippen MR) is 150 cm³/mol. The molecule has 36 heavy (non-hydrogen) atoms. The van der Waals surface area contributed by atoms with Crippen molar-refractivity contribution in [3.05, 3.63) is 0 Å². The molecule has 0 radical (unpaired) electrons. The van der Waals surface area contributed by atoms with Crippen LogP contribution in [0.25, 0.3) is 0 Å². The van der Waals surface area contributed by atoms with Crippen molar-refractivity contribution in [3.63, 3.8) is 0 Å². The summed E-state index contributed by atoms with van der Waals surface area (Å²) in [6, 6.07) is 0. The van der Waals surface area contributed by atoms with Crippen LogP contribution in [0.4, 0.5) is 0 Å². The van der Waals surface area contributed by atoms with Crippen LogP contribution in [-0.4, -0.2) is 83.6 Å². The summed E-state index contributed by atoms with van der Waals surface area (Å²) in [6.07, 6.45) is 21.6. The highest BCUT2D eigenvalue weighted by molar-refractivity contribution is 7.45. The van der Waals surface area contributed by atoms with Crippen molar-refractivity contribution in [1.29, 1.82) is 0 Å². The second-order valence-corrected chi connectivity index (χ2v) is 12.9. The summed E-state index contributed by atoms with van der Waals surface area (Å²) in [6.45, 7) is 4.57. The van der Waals surface area contributed by atoms with Crippen molar-refractivity contribution in [3.8, 4) is 0 Å². The van der Waals surface area contributed by atoms with Gasteiger partial charge in [0.05, 0.1) is 33.9 Å². The number of hydrogen-bond acceptors (Lipinski definition) is 6. The Morgan fingerprint density at radius 1 is 0.778 bits per heavy atom. The SMILES string of the molecule is CCCCCCCCCCCCCCCCCCN(C)CC(COP(=O)([O-])OCC[N+](C)(C)C)OC. The number of phosphoric acid groups is 1. The lowest BCUT2D eigenvalue weighted by Gasteiger charge is -2.29. The average molecular weight is 537 g/mol. The van der Waals surface area contributed by atoms with Crippen molar-refractivity contribution in [1.82, 2.24) is 4.90 Å². The number of ether oxygens (including phenoxy) is 1. The Morgan fingerprint density at radius 3 is 1.64 bits per heavy atom. The first-order chi connectivity index (χ1) is 17.1. The number of methoxy groups -OCH3 is 1. The lowest BCUT2D eigenvalue weighted by atomic mass is 10.0. The summed E-state index contributed by atoms with van der Waals surface area (Å²) < 4.78 is 28.0. The highest BCUT2D eigenvalue weighted by atomic mass is 31.2. The van der Waals surface area contributed by atoms with Crippen LogP contribution in [0.3, 0.4) is 0 Å². The molecule has 2 unspecified atom stereocenters. The topological polar surface area (TPSA) is 71.1 Å². The number of hydrogen-bond donors (Lipinski definition) is 0. The van der Waals surface area contributed by atoms with E-state index in [0.717, 1.165) is 13.0 Å². The molecule has 0 aromatic carbocycles. The van der Waals surface area contributed by atoms with E-state index in [9.17, 15) is 9.46 Å². The molecule has 0 spiro atoms. The van der Waals surface area contributed by atoms with E-state index in [1.165, 1.54) is 96.3 Å². The highest BCUT2D eigenvalue weighted by Crippen LogP contribution is 2.38. The molecular weight excluding hydrogens is 475 g/mol. The number of likely N-dealkylation sites (N-methyl/N-ethyl adjacent to an activating group) is 2. The van der Waals surface area contributed by atoms with Crippen molar-refractivity contribution in [2.45, 2.75) is 116 Å². The van der Waals surface area contributed by atoms with Crippen molar-refractivity contribution >= 4 is 7.82 Å². The fourth-order valence-corrected chi connectivity index (χ4v) is 4.93. The molecule has 0 aliphatic carbocycles. The van der Waals surface area contributed by atoms with Gasteiger partial charge in [-0.15, -0.1) is 0 Å². The Balaban J connectivity index is 3.64. The molecule has 0 amide bonds. The molecule has 7 nitrogen and oxygen atoms in total. The average Bonchev–Trinajstić information content (AvgIpc) is 2.80. The molecule has 218 valence electrons.